The highest BCUT2D eigenvalue weighted by Gasteiger charge is 2.19. The van der Waals surface area contributed by atoms with Crippen molar-refractivity contribution in [1.29, 1.82) is 5.26 Å². The number of carbonyl (C=O) groups is 1. The molecule has 0 spiro atoms. The zero-order chi connectivity index (χ0) is 9.30. The molecule has 0 amide bonds. The average Bonchev–Trinajstić information content (AvgIpc) is 2.29. The Labute approximate surface area is 81.8 Å². The third kappa shape index (κ3) is 1.39. The number of thiophene rings is 1. The highest BCUT2D eigenvalue weighted by atomic mass is 35.5. The fourth-order valence-corrected chi connectivity index (χ4v) is 1.98. The van der Waals surface area contributed by atoms with Gasteiger partial charge in [-0.15, -0.1) is 11.3 Å². The zero-order valence-corrected chi connectivity index (χ0v) is 7.80. The fourth-order valence-electron chi connectivity index (χ4n) is 0.634. The van der Waals surface area contributed by atoms with Crippen LogP contribution in [0.15, 0.2) is 0 Å². The Morgan fingerprint density at radius 3 is 2.50 bits per heavy atom. The predicted octanol–water partition coefficient (Wildman–Crippen LogP) is 2.62. The lowest BCUT2D eigenvalue weighted by molar-refractivity contribution is 0.0702. The van der Waals surface area contributed by atoms with Crippen LogP contribution in [0.1, 0.15) is 15.2 Å². The van der Waals surface area contributed by atoms with Crippen LogP contribution >= 0.6 is 34.5 Å². The molecule has 6 heteroatoms. The molecule has 1 aromatic rings. The Morgan fingerprint density at radius 1 is 1.58 bits per heavy atom. The summed E-state index contributed by atoms with van der Waals surface area (Å²) in [7, 11) is 0. The van der Waals surface area contributed by atoms with Crippen LogP contribution in [0.25, 0.3) is 0 Å². The quantitative estimate of drug-likeness (QED) is 0.794. The number of hydrogen-bond acceptors (Lipinski definition) is 3. The van der Waals surface area contributed by atoms with E-state index in [1.165, 1.54) is 0 Å². The molecule has 1 heterocycles. The summed E-state index contributed by atoms with van der Waals surface area (Å²) >= 11 is 11.9. The first-order valence-corrected chi connectivity index (χ1v) is 4.26. The maximum Gasteiger partial charge on any atom is 0.347 e. The lowest BCUT2D eigenvalue weighted by atomic mass is 10.3. The third-order valence-electron chi connectivity index (χ3n) is 1.12. The van der Waals surface area contributed by atoms with Gasteiger partial charge in [0, 0.05) is 0 Å². The number of carboxylic acids is 1. The predicted molar refractivity (Wildman–Crippen MR) is 46.0 cm³/mol. The smallest absolute Gasteiger partial charge is 0.347 e. The molecule has 0 saturated heterocycles. The van der Waals surface area contributed by atoms with E-state index >= 15 is 0 Å². The summed E-state index contributed by atoms with van der Waals surface area (Å²) in [6.07, 6.45) is 0. The van der Waals surface area contributed by atoms with E-state index in [2.05, 4.69) is 0 Å². The van der Waals surface area contributed by atoms with E-state index in [1.807, 2.05) is 0 Å². The molecule has 0 bridgehead atoms. The lowest BCUT2D eigenvalue weighted by Crippen LogP contribution is -1.94. The van der Waals surface area contributed by atoms with Gasteiger partial charge < -0.3 is 5.11 Å². The monoisotopic (exact) mass is 221 g/mol. The van der Waals surface area contributed by atoms with Gasteiger partial charge in [-0.1, -0.05) is 23.2 Å². The first-order valence-electron chi connectivity index (χ1n) is 2.69. The highest BCUT2D eigenvalue weighted by Crippen LogP contribution is 2.36. The number of nitriles is 1. The van der Waals surface area contributed by atoms with Crippen LogP contribution in [-0.4, -0.2) is 11.1 Å². The van der Waals surface area contributed by atoms with Crippen LogP contribution in [0.3, 0.4) is 0 Å². The molecule has 0 aliphatic rings. The molecule has 0 saturated carbocycles. The SMILES string of the molecule is N#Cc1c(C(=O)O)sc(Cl)c1Cl. The van der Waals surface area contributed by atoms with E-state index in [0.717, 1.165) is 11.3 Å². The summed E-state index contributed by atoms with van der Waals surface area (Å²) in [4.78, 5) is 10.4. The fraction of sp³-hybridized carbons (Fsp3) is 0. The largest absolute Gasteiger partial charge is 0.477 e. The van der Waals surface area contributed by atoms with Gasteiger partial charge in [-0.2, -0.15) is 5.26 Å². The van der Waals surface area contributed by atoms with Crippen molar-refractivity contribution in [3.8, 4) is 6.07 Å². The summed E-state index contributed by atoms with van der Waals surface area (Å²) in [6.45, 7) is 0. The highest BCUT2D eigenvalue weighted by molar-refractivity contribution is 7.18. The summed E-state index contributed by atoms with van der Waals surface area (Å²) in [5.41, 5.74) is -0.0702. The Hall–Kier alpha value is -0.760. The molecule has 0 aliphatic heterocycles. The van der Waals surface area contributed by atoms with Gasteiger partial charge in [-0.3, -0.25) is 0 Å². The summed E-state index contributed by atoms with van der Waals surface area (Å²) in [5.74, 6) is -1.19. The zero-order valence-electron chi connectivity index (χ0n) is 5.47. The first-order chi connectivity index (χ1) is 5.57. The van der Waals surface area contributed by atoms with Crippen molar-refractivity contribution < 1.29 is 9.90 Å². The summed E-state index contributed by atoms with van der Waals surface area (Å²) < 4.78 is 0.130. The van der Waals surface area contributed by atoms with Gasteiger partial charge in [0.1, 0.15) is 15.3 Å². The Kier molecular flexibility index (Phi) is 2.58. The second-order valence-electron chi connectivity index (χ2n) is 1.81. The molecule has 1 aromatic heterocycles. The van der Waals surface area contributed by atoms with Gasteiger partial charge in [0.25, 0.3) is 0 Å². The van der Waals surface area contributed by atoms with E-state index < -0.39 is 5.97 Å². The molecule has 0 atom stereocenters. The van der Waals surface area contributed by atoms with E-state index in [9.17, 15) is 4.79 Å². The van der Waals surface area contributed by atoms with Crippen LogP contribution in [0.4, 0.5) is 0 Å². The van der Waals surface area contributed by atoms with Crippen molar-refractivity contribution in [2.24, 2.45) is 0 Å². The number of halogens is 2. The van der Waals surface area contributed by atoms with Crippen molar-refractivity contribution in [1.82, 2.24) is 0 Å². The van der Waals surface area contributed by atoms with Crippen molar-refractivity contribution >= 4 is 40.5 Å². The van der Waals surface area contributed by atoms with Crippen molar-refractivity contribution in [2.75, 3.05) is 0 Å². The van der Waals surface area contributed by atoms with Crippen molar-refractivity contribution in [3.63, 3.8) is 0 Å². The summed E-state index contributed by atoms with van der Waals surface area (Å²) in [6, 6.07) is 1.68. The number of rotatable bonds is 1. The van der Waals surface area contributed by atoms with Gasteiger partial charge in [-0.05, 0) is 0 Å². The molecule has 0 unspecified atom stereocenters. The Morgan fingerprint density at radius 2 is 2.17 bits per heavy atom. The number of hydrogen-bond donors (Lipinski definition) is 1. The van der Waals surface area contributed by atoms with Crippen LogP contribution in [0.2, 0.25) is 9.36 Å². The van der Waals surface area contributed by atoms with Gasteiger partial charge in [0.15, 0.2) is 0 Å². The van der Waals surface area contributed by atoms with E-state index in [4.69, 9.17) is 33.6 Å². The maximum atomic E-state index is 10.5. The minimum Gasteiger partial charge on any atom is -0.477 e. The van der Waals surface area contributed by atoms with Gasteiger partial charge in [0.05, 0.1) is 10.6 Å². The van der Waals surface area contributed by atoms with Crippen LogP contribution in [0.5, 0.6) is 0 Å². The molecule has 0 radical (unpaired) electrons. The van der Waals surface area contributed by atoms with Crippen molar-refractivity contribution in [3.05, 3.63) is 19.8 Å². The standard InChI is InChI=1S/C6HCl2NO2S/c7-3-2(1-9)4(6(10)11)12-5(3)8/h(H,10,11). The third-order valence-corrected chi connectivity index (χ3v) is 3.09. The van der Waals surface area contributed by atoms with E-state index in [-0.39, 0.29) is 19.8 Å². The molecular formula is C6HCl2NO2S. The van der Waals surface area contributed by atoms with Gasteiger partial charge in [-0.25, -0.2) is 4.79 Å². The molecule has 62 valence electrons. The second-order valence-corrected chi connectivity index (χ2v) is 3.81. The second kappa shape index (κ2) is 3.31. The lowest BCUT2D eigenvalue weighted by Gasteiger charge is -1.85. The van der Waals surface area contributed by atoms with E-state index in [1.54, 1.807) is 6.07 Å². The van der Waals surface area contributed by atoms with E-state index in [0.29, 0.717) is 0 Å². The Bertz CT molecular complexity index is 380. The van der Waals surface area contributed by atoms with Gasteiger partial charge in [0.2, 0.25) is 0 Å². The van der Waals surface area contributed by atoms with Gasteiger partial charge >= 0.3 is 5.97 Å². The number of aromatic carboxylic acids is 1. The molecular weight excluding hydrogens is 221 g/mol. The average molecular weight is 222 g/mol. The molecule has 0 fully saturated rings. The first kappa shape index (κ1) is 9.33. The van der Waals surface area contributed by atoms with Crippen LogP contribution in [-0.2, 0) is 0 Å². The number of carboxylic acid groups (broad SMARTS) is 1. The number of nitrogens with zero attached hydrogens (tertiary/aromatic N) is 1. The molecule has 0 aliphatic carbocycles. The van der Waals surface area contributed by atoms with Crippen LogP contribution in [0, 0.1) is 11.3 Å². The topological polar surface area (TPSA) is 61.1 Å². The molecule has 1 rings (SSSR count). The molecule has 0 aromatic carbocycles. The van der Waals surface area contributed by atoms with Crippen LogP contribution < -0.4 is 0 Å². The maximum absolute atomic E-state index is 10.5. The molecule has 12 heavy (non-hydrogen) atoms. The minimum absolute atomic E-state index is 0.0153. The molecule has 1 N–H and O–H groups in total. The Balaban J connectivity index is 3.42. The minimum atomic E-state index is -1.19. The van der Waals surface area contributed by atoms with Crippen molar-refractivity contribution in [2.45, 2.75) is 0 Å². The normalized spacial score (nSPS) is 9.42. The summed E-state index contributed by atoms with van der Waals surface area (Å²) in [5, 5.41) is 17.1. The molecule has 3 nitrogen and oxygen atoms in total.